The van der Waals surface area contributed by atoms with Crippen LogP contribution in [0.15, 0.2) is 41.5 Å². The molecule has 0 unspecified atom stereocenters. The van der Waals surface area contributed by atoms with Crippen molar-refractivity contribution in [2.75, 3.05) is 19.0 Å². The summed E-state index contributed by atoms with van der Waals surface area (Å²) in [6.07, 6.45) is 0. The molecule has 156 valence electrons. The number of carbonyl (C=O) groups excluding carboxylic acids is 1. The lowest BCUT2D eigenvalue weighted by Gasteiger charge is -2.10. The maximum Gasteiger partial charge on any atom is 0.168 e. The third-order valence-electron chi connectivity index (χ3n) is 2.85. The van der Waals surface area contributed by atoms with E-state index in [0.717, 1.165) is 16.8 Å². The second-order valence-electron chi connectivity index (χ2n) is 4.80. The number of nitrogens with two attached hydrogens (primary N) is 2. The van der Waals surface area contributed by atoms with E-state index < -0.39 is 0 Å². The predicted octanol–water partition coefficient (Wildman–Crippen LogP) is 3.58. The first-order valence-corrected chi connectivity index (χ1v) is 9.01. The lowest BCUT2D eigenvalue weighted by atomic mass is 10.1. The van der Waals surface area contributed by atoms with Crippen molar-refractivity contribution in [2.45, 2.75) is 13.8 Å². The number of nitrogens with one attached hydrogen (secondary N) is 2. The van der Waals surface area contributed by atoms with Gasteiger partial charge in [-0.3, -0.25) is 0 Å². The van der Waals surface area contributed by atoms with Crippen molar-refractivity contribution in [1.29, 1.82) is 0 Å². The number of aliphatic hydroxyl groups excluding tert-OH is 1. The number of hydrogen-bond donors (Lipinski definition) is 5. The van der Waals surface area contributed by atoms with Crippen LogP contribution in [0.25, 0.3) is 0 Å². The van der Waals surface area contributed by atoms with Gasteiger partial charge in [-0.25, -0.2) is 5.84 Å². The first-order chi connectivity index (χ1) is 13.3. The highest BCUT2D eigenvalue weighted by Crippen LogP contribution is 2.22. The van der Waals surface area contributed by atoms with Crippen LogP contribution in [0.5, 0.6) is 0 Å². The molecular weight excluding hydrogens is 425 g/mol. The molecule has 0 aliphatic heterocycles. The molecule has 7 nitrogen and oxygen atoms in total. The highest BCUT2D eigenvalue weighted by Gasteiger charge is 2.07. The van der Waals surface area contributed by atoms with Gasteiger partial charge in [-0.2, -0.15) is 5.10 Å². The van der Waals surface area contributed by atoms with E-state index >= 15 is 0 Å². The van der Waals surface area contributed by atoms with E-state index in [2.05, 4.69) is 15.8 Å². The summed E-state index contributed by atoms with van der Waals surface area (Å²) in [6.45, 7) is 5.90. The second-order valence-corrected chi connectivity index (χ2v) is 6.05. The van der Waals surface area contributed by atoms with Crippen molar-refractivity contribution >= 4 is 53.1 Å². The number of hydrazone groups is 1. The molecule has 0 heterocycles. The average molecular weight is 451 g/mol. The van der Waals surface area contributed by atoms with Gasteiger partial charge in [0, 0.05) is 29.9 Å². The van der Waals surface area contributed by atoms with Crippen LogP contribution in [0.3, 0.4) is 0 Å². The first kappa shape index (κ1) is 28.2. The Balaban J connectivity index is 0. The van der Waals surface area contributed by atoms with Crippen LogP contribution in [0.1, 0.15) is 18.1 Å². The fraction of sp³-hybridized carbons (Fsp3) is 0.222. The van der Waals surface area contributed by atoms with Crippen LogP contribution >= 0.6 is 34.8 Å². The van der Waals surface area contributed by atoms with Crippen LogP contribution in [0.4, 0.5) is 5.69 Å². The maximum absolute atomic E-state index is 8.00. The van der Waals surface area contributed by atoms with Crippen molar-refractivity contribution in [3.63, 3.8) is 0 Å². The summed E-state index contributed by atoms with van der Waals surface area (Å²) in [6, 6.07) is 10.9. The lowest BCUT2D eigenvalue weighted by molar-refractivity contribution is -0.0979. The molecule has 10 heteroatoms. The zero-order valence-electron chi connectivity index (χ0n) is 16.0. The van der Waals surface area contributed by atoms with Gasteiger partial charge in [0.05, 0.1) is 10.0 Å². The Kier molecular flexibility index (Phi) is 17.2. The minimum atomic E-state index is 0.250. The molecule has 0 spiro atoms. The standard InChI is InChI=1S/C8H12ClN5.C7H6Cl2.C2H6O.CH2O/c1-12-7-3-2-5(9)4-6(7)8(13-10)14-11;1-5-2-3-6(8)7(9)4-5;1-2-3;1-2/h2-4,12H,10-11H2,1H3,(H,13,14);2-4H,1H3;3H,2H2,1H3;1H2. The highest BCUT2D eigenvalue weighted by molar-refractivity contribution is 6.42. The molecule has 28 heavy (non-hydrogen) atoms. The molecule has 0 fully saturated rings. The summed E-state index contributed by atoms with van der Waals surface area (Å²) < 4.78 is 0. The van der Waals surface area contributed by atoms with E-state index in [1.165, 1.54) is 0 Å². The van der Waals surface area contributed by atoms with Gasteiger partial charge in [-0.05, 0) is 49.7 Å². The van der Waals surface area contributed by atoms with Gasteiger partial charge < -0.3 is 26.5 Å². The second kappa shape index (κ2) is 17.1. The van der Waals surface area contributed by atoms with Gasteiger partial charge in [-0.15, -0.1) is 0 Å². The Hall–Kier alpha value is -2.03. The van der Waals surface area contributed by atoms with E-state index in [1.54, 1.807) is 32.2 Å². The number of halogens is 3. The third kappa shape index (κ3) is 11.0. The van der Waals surface area contributed by atoms with Crippen LogP contribution < -0.4 is 22.4 Å². The van der Waals surface area contributed by atoms with Gasteiger partial charge >= 0.3 is 0 Å². The average Bonchev–Trinajstić information content (AvgIpc) is 2.69. The minimum absolute atomic E-state index is 0.250. The molecule has 2 aromatic rings. The predicted molar refractivity (Wildman–Crippen MR) is 120 cm³/mol. The van der Waals surface area contributed by atoms with E-state index in [-0.39, 0.29) is 6.61 Å². The summed E-state index contributed by atoms with van der Waals surface area (Å²) in [5.74, 6) is 10.8. The molecule has 0 radical (unpaired) electrons. The monoisotopic (exact) mass is 449 g/mol. The maximum atomic E-state index is 8.00. The number of anilines is 1. The van der Waals surface area contributed by atoms with E-state index in [0.29, 0.717) is 20.9 Å². The molecule has 0 atom stereocenters. The number of hydrazine groups is 1. The van der Waals surface area contributed by atoms with Crippen molar-refractivity contribution < 1.29 is 9.90 Å². The van der Waals surface area contributed by atoms with Gasteiger partial charge in [0.15, 0.2) is 5.84 Å². The number of carbonyl (C=O) groups is 1. The van der Waals surface area contributed by atoms with Crippen molar-refractivity contribution in [3.8, 4) is 0 Å². The van der Waals surface area contributed by atoms with Gasteiger partial charge in [0.2, 0.25) is 0 Å². The summed E-state index contributed by atoms with van der Waals surface area (Å²) in [5.41, 5.74) is 5.10. The molecule has 0 bridgehead atoms. The zero-order chi connectivity index (χ0) is 22.1. The highest BCUT2D eigenvalue weighted by atomic mass is 35.5. The van der Waals surface area contributed by atoms with Crippen LogP contribution in [-0.2, 0) is 4.79 Å². The molecule has 0 aromatic heterocycles. The Morgan fingerprint density at radius 1 is 1.14 bits per heavy atom. The van der Waals surface area contributed by atoms with Gasteiger partial charge in [0.1, 0.15) is 6.79 Å². The summed E-state index contributed by atoms with van der Waals surface area (Å²) in [4.78, 5) is 8.00. The summed E-state index contributed by atoms with van der Waals surface area (Å²) >= 11 is 17.2. The fourth-order valence-corrected chi connectivity index (χ4v) is 2.24. The number of benzene rings is 2. The number of aliphatic hydroxyl groups is 1. The molecular formula is C18H26Cl3N5O2. The van der Waals surface area contributed by atoms with Crippen molar-refractivity contribution in [2.24, 2.45) is 16.8 Å². The summed E-state index contributed by atoms with van der Waals surface area (Å²) in [5, 5.41) is 15.9. The molecule has 2 rings (SSSR count). The van der Waals surface area contributed by atoms with Gasteiger partial charge in [-0.1, -0.05) is 40.9 Å². The number of aryl methyl sites for hydroxylation is 1. The Morgan fingerprint density at radius 3 is 2.11 bits per heavy atom. The van der Waals surface area contributed by atoms with Crippen LogP contribution in [0, 0.1) is 6.92 Å². The summed E-state index contributed by atoms with van der Waals surface area (Å²) in [7, 11) is 1.79. The number of rotatable bonds is 2. The topological polar surface area (TPSA) is 126 Å². The fourth-order valence-electron chi connectivity index (χ4n) is 1.72. The van der Waals surface area contributed by atoms with E-state index in [1.807, 2.05) is 31.9 Å². The first-order valence-electron chi connectivity index (χ1n) is 7.88. The van der Waals surface area contributed by atoms with Gasteiger partial charge in [0.25, 0.3) is 0 Å². The van der Waals surface area contributed by atoms with E-state index in [4.69, 9.17) is 56.4 Å². The number of amidine groups is 1. The normalized spacial score (nSPS) is 9.50. The molecule has 0 saturated carbocycles. The van der Waals surface area contributed by atoms with E-state index in [9.17, 15) is 0 Å². The molecule has 7 N–H and O–H groups in total. The van der Waals surface area contributed by atoms with Crippen LogP contribution in [-0.4, -0.2) is 31.4 Å². The molecule has 0 amide bonds. The Labute approximate surface area is 180 Å². The Bertz CT molecular complexity index is 730. The minimum Gasteiger partial charge on any atom is -0.397 e. The zero-order valence-corrected chi connectivity index (χ0v) is 18.2. The Morgan fingerprint density at radius 2 is 1.71 bits per heavy atom. The van der Waals surface area contributed by atoms with Crippen molar-refractivity contribution in [3.05, 3.63) is 62.6 Å². The van der Waals surface area contributed by atoms with Crippen LogP contribution in [0.2, 0.25) is 15.1 Å². The molecule has 0 aliphatic carbocycles. The molecule has 2 aromatic carbocycles. The SMILES string of the molecule is C=O.CCO.CNc1ccc(Cl)cc1/C(=N/N)NN.Cc1ccc(Cl)c(Cl)c1. The smallest absolute Gasteiger partial charge is 0.168 e. The largest absolute Gasteiger partial charge is 0.397 e. The molecule has 0 saturated heterocycles. The number of hydrogen-bond acceptors (Lipinski definition) is 6. The molecule has 0 aliphatic rings. The third-order valence-corrected chi connectivity index (χ3v) is 3.82. The van der Waals surface area contributed by atoms with Crippen molar-refractivity contribution in [1.82, 2.24) is 5.43 Å². The lowest BCUT2D eigenvalue weighted by Crippen LogP contribution is -2.32. The quantitative estimate of drug-likeness (QED) is 0.206. The number of nitrogens with zero attached hydrogens (tertiary/aromatic N) is 1.